The maximum absolute atomic E-state index is 13.0. The highest BCUT2D eigenvalue weighted by atomic mass is 32.2. The standard InChI is InChI=1S/C31H38N8O3S/c1-35-17-19-38(20-18-35)31(40)37-15-13-24(14-16-37)23-7-9-26(10-8-23)33-30-32-21-27-11-12-29(39(27)34-30)28-6-4-3-5-25(28)22-36(2)43(41)42/h3-12,21,24,43H,13-20,22H2,1-2H3,(H,33,34). The van der Waals surface area contributed by atoms with Crippen molar-refractivity contribution in [2.24, 2.45) is 0 Å². The first-order valence-electron chi connectivity index (χ1n) is 14.7. The summed E-state index contributed by atoms with van der Waals surface area (Å²) in [4.78, 5) is 23.7. The van der Waals surface area contributed by atoms with Gasteiger partial charge >= 0.3 is 6.03 Å². The summed E-state index contributed by atoms with van der Waals surface area (Å²) in [6.07, 6.45) is 3.70. The van der Waals surface area contributed by atoms with Crippen molar-refractivity contribution in [1.82, 2.24) is 33.6 Å². The number of urea groups is 1. The number of aromatic nitrogens is 3. The fourth-order valence-electron chi connectivity index (χ4n) is 5.94. The van der Waals surface area contributed by atoms with E-state index in [1.165, 1.54) is 9.87 Å². The molecule has 4 heterocycles. The first-order chi connectivity index (χ1) is 20.9. The predicted molar refractivity (Wildman–Crippen MR) is 168 cm³/mol. The Bertz CT molecular complexity index is 1650. The number of benzene rings is 2. The molecule has 2 saturated heterocycles. The van der Waals surface area contributed by atoms with Gasteiger partial charge in [0.15, 0.2) is 0 Å². The van der Waals surface area contributed by atoms with Gasteiger partial charge in [-0.2, -0.15) is 0 Å². The van der Waals surface area contributed by atoms with Crippen molar-refractivity contribution < 1.29 is 13.2 Å². The third-order valence-corrected chi connectivity index (χ3v) is 9.25. The highest BCUT2D eigenvalue weighted by Crippen LogP contribution is 2.30. The molecule has 1 N–H and O–H groups in total. The van der Waals surface area contributed by atoms with E-state index < -0.39 is 10.9 Å². The summed E-state index contributed by atoms with van der Waals surface area (Å²) in [5, 5.41) is 8.08. The van der Waals surface area contributed by atoms with Crippen LogP contribution < -0.4 is 5.32 Å². The summed E-state index contributed by atoms with van der Waals surface area (Å²) in [5.74, 6) is 0.894. The first kappa shape index (κ1) is 29.1. The molecule has 43 heavy (non-hydrogen) atoms. The molecule has 0 spiro atoms. The number of nitrogens with zero attached hydrogens (tertiary/aromatic N) is 7. The molecular weight excluding hydrogens is 564 g/mol. The van der Waals surface area contributed by atoms with Crippen molar-refractivity contribution in [3.63, 3.8) is 0 Å². The average Bonchev–Trinajstić information content (AvgIpc) is 3.45. The van der Waals surface area contributed by atoms with Crippen LogP contribution in [0.5, 0.6) is 0 Å². The zero-order chi connectivity index (χ0) is 29.9. The maximum Gasteiger partial charge on any atom is 0.320 e. The molecule has 2 aromatic carbocycles. The molecule has 0 unspecified atom stereocenters. The lowest BCUT2D eigenvalue weighted by atomic mass is 9.89. The van der Waals surface area contributed by atoms with Crippen LogP contribution in [-0.4, -0.2) is 101 Å². The van der Waals surface area contributed by atoms with Gasteiger partial charge in [-0.05, 0) is 61.2 Å². The predicted octanol–water partition coefficient (Wildman–Crippen LogP) is 3.64. The average molecular weight is 603 g/mol. The molecular formula is C31H38N8O3S. The van der Waals surface area contributed by atoms with E-state index >= 15 is 0 Å². The maximum atomic E-state index is 13.0. The van der Waals surface area contributed by atoms with Crippen LogP contribution in [-0.2, 0) is 17.4 Å². The largest absolute Gasteiger partial charge is 0.325 e. The van der Waals surface area contributed by atoms with E-state index in [9.17, 15) is 13.2 Å². The first-order valence-corrected chi connectivity index (χ1v) is 15.9. The number of carbonyl (C=O) groups is 1. The van der Waals surface area contributed by atoms with E-state index in [0.717, 1.165) is 80.1 Å². The smallest absolute Gasteiger partial charge is 0.320 e. The minimum absolute atomic E-state index is 0.184. The number of anilines is 2. The number of nitrogens with one attached hydrogen (secondary N) is 1. The number of piperazine rings is 1. The number of hydrogen-bond donors (Lipinski definition) is 2. The van der Waals surface area contributed by atoms with Crippen LogP contribution in [0.15, 0.2) is 66.9 Å². The molecule has 0 atom stereocenters. The van der Waals surface area contributed by atoms with Gasteiger partial charge in [0.2, 0.25) is 16.8 Å². The van der Waals surface area contributed by atoms with Crippen LogP contribution >= 0.6 is 0 Å². The van der Waals surface area contributed by atoms with Crippen LogP contribution in [0.4, 0.5) is 16.4 Å². The molecule has 226 valence electrons. The number of piperidine rings is 1. The molecule has 12 heteroatoms. The second-order valence-electron chi connectivity index (χ2n) is 11.4. The normalized spacial score (nSPS) is 16.8. The van der Waals surface area contributed by atoms with Crippen LogP contribution in [0, 0.1) is 0 Å². The minimum atomic E-state index is -2.67. The van der Waals surface area contributed by atoms with Crippen LogP contribution in [0.25, 0.3) is 16.8 Å². The van der Waals surface area contributed by atoms with Gasteiger partial charge < -0.3 is 20.0 Å². The Morgan fingerprint density at radius 2 is 1.63 bits per heavy atom. The van der Waals surface area contributed by atoms with Crippen molar-refractivity contribution in [3.05, 3.63) is 78.0 Å². The molecule has 2 aliphatic heterocycles. The van der Waals surface area contributed by atoms with E-state index in [0.29, 0.717) is 11.9 Å². The SMILES string of the molecule is CN1CCN(C(=O)N2CCC(c3ccc(Nc4ncc5ccc(-c6ccccc6CN(C)[SH](=O)=O)n5n4)cc3)CC2)CC1. The molecule has 0 aliphatic carbocycles. The topological polar surface area (TPSA) is 106 Å². The van der Waals surface area contributed by atoms with Crippen molar-refractivity contribution in [1.29, 1.82) is 0 Å². The molecule has 0 saturated carbocycles. The number of carbonyl (C=O) groups excluding carboxylic acids is 1. The summed E-state index contributed by atoms with van der Waals surface area (Å²) in [7, 11) is 0.998. The number of thiol groups is 1. The van der Waals surface area contributed by atoms with Crippen molar-refractivity contribution in [3.8, 4) is 11.3 Å². The number of amides is 2. The lowest BCUT2D eigenvalue weighted by molar-refractivity contribution is 0.113. The third-order valence-electron chi connectivity index (χ3n) is 8.55. The van der Waals surface area contributed by atoms with Crippen LogP contribution in [0.3, 0.4) is 0 Å². The summed E-state index contributed by atoms with van der Waals surface area (Å²) >= 11 is 0. The third kappa shape index (κ3) is 6.51. The van der Waals surface area contributed by atoms with E-state index in [-0.39, 0.29) is 12.6 Å². The van der Waals surface area contributed by atoms with Gasteiger partial charge in [0.25, 0.3) is 0 Å². The van der Waals surface area contributed by atoms with Gasteiger partial charge in [-0.1, -0.05) is 36.4 Å². The Labute approximate surface area is 253 Å². The summed E-state index contributed by atoms with van der Waals surface area (Å²) in [5.41, 5.74) is 5.67. The van der Waals surface area contributed by atoms with Gasteiger partial charge in [0, 0.05) is 64.1 Å². The Morgan fingerprint density at radius 1 is 0.930 bits per heavy atom. The number of likely N-dealkylation sites (N-methyl/N-ethyl adjacent to an activating group) is 1. The number of fused-ring (bicyclic) bond motifs is 1. The number of likely N-dealkylation sites (tertiary alicyclic amines) is 1. The molecule has 2 fully saturated rings. The van der Waals surface area contributed by atoms with Crippen LogP contribution in [0.1, 0.15) is 29.9 Å². The molecule has 0 radical (unpaired) electrons. The molecule has 6 rings (SSSR count). The summed E-state index contributed by atoms with van der Waals surface area (Å²) < 4.78 is 26.0. The fraction of sp³-hybridized carbons (Fsp3) is 0.387. The molecule has 2 amide bonds. The van der Waals surface area contributed by atoms with Crippen molar-refractivity contribution in [2.45, 2.75) is 25.3 Å². The lowest BCUT2D eigenvalue weighted by Gasteiger charge is -2.39. The Morgan fingerprint density at radius 3 is 2.35 bits per heavy atom. The molecule has 4 aromatic rings. The molecule has 2 aliphatic rings. The number of hydrogen-bond acceptors (Lipinski definition) is 7. The van der Waals surface area contributed by atoms with E-state index in [4.69, 9.17) is 5.10 Å². The lowest BCUT2D eigenvalue weighted by Crippen LogP contribution is -2.53. The Kier molecular flexibility index (Phi) is 8.59. The second kappa shape index (κ2) is 12.7. The van der Waals surface area contributed by atoms with Gasteiger partial charge in [-0.3, -0.25) is 0 Å². The summed E-state index contributed by atoms with van der Waals surface area (Å²) in [6.45, 7) is 5.35. The van der Waals surface area contributed by atoms with Crippen molar-refractivity contribution >= 4 is 34.1 Å². The van der Waals surface area contributed by atoms with Crippen LogP contribution in [0.2, 0.25) is 0 Å². The number of rotatable bonds is 7. The zero-order valence-electron chi connectivity index (χ0n) is 24.6. The molecule has 2 aromatic heterocycles. The van der Waals surface area contributed by atoms with Gasteiger partial charge in [-0.25, -0.2) is 27.0 Å². The van der Waals surface area contributed by atoms with Gasteiger partial charge in [0.05, 0.1) is 17.4 Å². The quantitative estimate of drug-likeness (QED) is 0.311. The highest BCUT2D eigenvalue weighted by molar-refractivity contribution is 7.69. The highest BCUT2D eigenvalue weighted by Gasteiger charge is 2.28. The monoisotopic (exact) mass is 602 g/mol. The minimum Gasteiger partial charge on any atom is -0.325 e. The second-order valence-corrected chi connectivity index (χ2v) is 12.6. The Balaban J connectivity index is 1.11. The van der Waals surface area contributed by atoms with Crippen molar-refractivity contribution in [2.75, 3.05) is 58.7 Å². The van der Waals surface area contributed by atoms with E-state index in [2.05, 4.69) is 46.5 Å². The summed E-state index contributed by atoms with van der Waals surface area (Å²) in [6, 6.07) is 20.3. The van der Waals surface area contributed by atoms with Gasteiger partial charge in [-0.15, -0.1) is 5.10 Å². The zero-order valence-corrected chi connectivity index (χ0v) is 25.5. The Hall–Kier alpha value is -4.00. The molecule has 0 bridgehead atoms. The van der Waals surface area contributed by atoms with Gasteiger partial charge in [0.1, 0.15) is 0 Å². The fourth-order valence-corrected chi connectivity index (χ4v) is 6.21. The van der Waals surface area contributed by atoms with E-state index in [1.807, 2.05) is 50.7 Å². The van der Waals surface area contributed by atoms with E-state index in [1.54, 1.807) is 13.2 Å². The molecule has 11 nitrogen and oxygen atoms in total.